The van der Waals surface area contributed by atoms with Crippen LogP contribution in [0.25, 0.3) is 0 Å². The van der Waals surface area contributed by atoms with E-state index in [1.54, 1.807) is 0 Å². The van der Waals surface area contributed by atoms with Gasteiger partial charge in [0.1, 0.15) is 0 Å². The maximum atomic E-state index is 12.1. The van der Waals surface area contributed by atoms with Crippen LogP contribution in [0.4, 0.5) is 0 Å². The topological polar surface area (TPSA) is 49.4 Å². The zero-order valence-corrected chi connectivity index (χ0v) is 14.5. The second-order valence-electron chi connectivity index (χ2n) is 6.44. The standard InChI is InChI=1S/C17H28N2O2S/c1-3-4-14-22(20,21)18-15-17(10-12-19(2)13-11-17)16-8-6-5-7-9-16/h5-9,18H,3-4,10-15H2,1-2H3. The lowest BCUT2D eigenvalue weighted by Crippen LogP contribution is -2.48. The number of nitrogens with one attached hydrogen (secondary N) is 1. The van der Waals surface area contributed by atoms with Crippen molar-refractivity contribution >= 4 is 10.0 Å². The maximum absolute atomic E-state index is 12.1. The van der Waals surface area contributed by atoms with Gasteiger partial charge in [0.15, 0.2) is 0 Å². The Balaban J connectivity index is 2.13. The molecule has 0 aromatic heterocycles. The van der Waals surface area contributed by atoms with Gasteiger partial charge in [-0.1, -0.05) is 43.7 Å². The number of unbranched alkanes of at least 4 members (excludes halogenated alkanes) is 1. The highest BCUT2D eigenvalue weighted by atomic mass is 32.2. The van der Waals surface area contributed by atoms with Crippen molar-refractivity contribution in [2.75, 3.05) is 32.4 Å². The summed E-state index contributed by atoms with van der Waals surface area (Å²) in [5, 5.41) is 0. The van der Waals surface area contributed by atoms with Crippen LogP contribution in [-0.2, 0) is 15.4 Å². The molecule has 1 aromatic carbocycles. The number of benzene rings is 1. The van der Waals surface area contributed by atoms with E-state index in [1.165, 1.54) is 5.56 Å². The van der Waals surface area contributed by atoms with Crippen molar-refractivity contribution in [1.29, 1.82) is 0 Å². The number of hydrogen-bond donors (Lipinski definition) is 1. The normalized spacial score (nSPS) is 19.2. The highest BCUT2D eigenvalue weighted by Crippen LogP contribution is 2.34. The summed E-state index contributed by atoms with van der Waals surface area (Å²) in [7, 11) is -1.04. The number of piperidine rings is 1. The zero-order chi connectivity index (χ0) is 16.1. The lowest BCUT2D eigenvalue weighted by atomic mass is 9.73. The maximum Gasteiger partial charge on any atom is 0.211 e. The fourth-order valence-electron chi connectivity index (χ4n) is 3.06. The van der Waals surface area contributed by atoms with E-state index < -0.39 is 10.0 Å². The number of rotatable bonds is 7. The SMILES string of the molecule is CCCCS(=O)(=O)NCC1(c2ccccc2)CCN(C)CC1. The number of likely N-dealkylation sites (tertiary alicyclic amines) is 1. The van der Waals surface area contributed by atoms with Gasteiger partial charge in [-0.2, -0.15) is 0 Å². The van der Waals surface area contributed by atoms with Crippen LogP contribution in [0.3, 0.4) is 0 Å². The highest BCUT2D eigenvalue weighted by molar-refractivity contribution is 7.89. The molecule has 2 rings (SSSR count). The van der Waals surface area contributed by atoms with Crippen LogP contribution in [0.1, 0.15) is 38.2 Å². The van der Waals surface area contributed by atoms with Gasteiger partial charge in [-0.3, -0.25) is 0 Å². The summed E-state index contributed by atoms with van der Waals surface area (Å²) in [6.45, 7) is 4.53. The van der Waals surface area contributed by atoms with Crippen LogP contribution >= 0.6 is 0 Å². The Morgan fingerprint density at radius 2 is 1.82 bits per heavy atom. The molecule has 1 fully saturated rings. The first-order chi connectivity index (χ1) is 10.5. The molecule has 22 heavy (non-hydrogen) atoms. The van der Waals surface area contributed by atoms with Crippen molar-refractivity contribution in [2.24, 2.45) is 0 Å². The van der Waals surface area contributed by atoms with Gasteiger partial charge < -0.3 is 4.90 Å². The van der Waals surface area contributed by atoms with Crippen molar-refractivity contribution in [3.63, 3.8) is 0 Å². The predicted octanol–water partition coefficient (Wildman–Crippen LogP) is 2.37. The molecule has 5 heteroatoms. The van der Waals surface area contributed by atoms with Crippen molar-refractivity contribution in [1.82, 2.24) is 9.62 Å². The van der Waals surface area contributed by atoms with Crippen LogP contribution in [0, 0.1) is 0 Å². The summed E-state index contributed by atoms with van der Waals surface area (Å²) in [5.41, 5.74) is 1.17. The first-order valence-corrected chi connectivity index (χ1v) is 9.84. The lowest BCUT2D eigenvalue weighted by Gasteiger charge is -2.41. The quantitative estimate of drug-likeness (QED) is 0.838. The number of nitrogens with zero attached hydrogens (tertiary/aromatic N) is 1. The van der Waals surface area contributed by atoms with Gasteiger partial charge >= 0.3 is 0 Å². The molecular weight excluding hydrogens is 296 g/mol. The van der Waals surface area contributed by atoms with Crippen molar-refractivity contribution < 1.29 is 8.42 Å². The Kier molecular flexibility index (Phi) is 6.01. The van der Waals surface area contributed by atoms with E-state index in [0.717, 1.165) is 38.8 Å². The minimum absolute atomic E-state index is 0.0763. The van der Waals surface area contributed by atoms with Crippen LogP contribution in [0.15, 0.2) is 30.3 Å². The van der Waals surface area contributed by atoms with E-state index in [4.69, 9.17) is 0 Å². The summed E-state index contributed by atoms with van der Waals surface area (Å²) in [5.74, 6) is 0.230. The average Bonchev–Trinajstić information content (AvgIpc) is 2.54. The first kappa shape index (κ1) is 17.4. The van der Waals surface area contributed by atoms with Crippen LogP contribution in [-0.4, -0.2) is 45.8 Å². The Morgan fingerprint density at radius 3 is 2.41 bits per heavy atom. The molecule has 1 aromatic rings. The molecule has 1 heterocycles. The van der Waals surface area contributed by atoms with Gasteiger partial charge in [-0.15, -0.1) is 0 Å². The summed E-state index contributed by atoms with van der Waals surface area (Å²) in [6, 6.07) is 10.4. The summed E-state index contributed by atoms with van der Waals surface area (Å²) < 4.78 is 27.2. The van der Waals surface area contributed by atoms with E-state index >= 15 is 0 Å². The molecular formula is C17H28N2O2S. The monoisotopic (exact) mass is 324 g/mol. The van der Waals surface area contributed by atoms with Gasteiger partial charge in [0.05, 0.1) is 5.75 Å². The van der Waals surface area contributed by atoms with Crippen LogP contribution < -0.4 is 4.72 Å². The minimum Gasteiger partial charge on any atom is -0.306 e. The molecule has 1 saturated heterocycles. The molecule has 0 saturated carbocycles. The zero-order valence-electron chi connectivity index (χ0n) is 13.7. The molecule has 0 bridgehead atoms. The van der Waals surface area contributed by atoms with Gasteiger partial charge in [-0.05, 0) is 45.0 Å². The van der Waals surface area contributed by atoms with Gasteiger partial charge in [0.25, 0.3) is 0 Å². The molecule has 1 N–H and O–H groups in total. The van der Waals surface area contributed by atoms with Gasteiger partial charge in [0.2, 0.25) is 10.0 Å². The van der Waals surface area contributed by atoms with E-state index in [0.29, 0.717) is 6.54 Å². The van der Waals surface area contributed by atoms with Crippen molar-refractivity contribution in [3.8, 4) is 0 Å². The lowest BCUT2D eigenvalue weighted by molar-refractivity contribution is 0.188. The number of hydrogen-bond acceptors (Lipinski definition) is 3. The molecule has 0 radical (unpaired) electrons. The Labute approximate surface area is 135 Å². The first-order valence-electron chi connectivity index (χ1n) is 8.19. The van der Waals surface area contributed by atoms with Crippen LogP contribution in [0.2, 0.25) is 0 Å². The molecule has 1 aliphatic heterocycles. The average molecular weight is 324 g/mol. The van der Waals surface area contributed by atoms with E-state index in [2.05, 4.69) is 28.8 Å². The van der Waals surface area contributed by atoms with E-state index in [9.17, 15) is 8.42 Å². The highest BCUT2D eigenvalue weighted by Gasteiger charge is 2.36. The molecule has 0 unspecified atom stereocenters. The van der Waals surface area contributed by atoms with Gasteiger partial charge in [0, 0.05) is 12.0 Å². The van der Waals surface area contributed by atoms with Crippen molar-refractivity contribution in [2.45, 2.75) is 38.0 Å². The number of sulfonamides is 1. The summed E-state index contributed by atoms with van der Waals surface area (Å²) >= 11 is 0. The largest absolute Gasteiger partial charge is 0.306 e. The molecule has 0 atom stereocenters. The second-order valence-corrected chi connectivity index (χ2v) is 8.37. The minimum atomic E-state index is -3.17. The Hall–Kier alpha value is -0.910. The van der Waals surface area contributed by atoms with Crippen molar-refractivity contribution in [3.05, 3.63) is 35.9 Å². The molecule has 0 spiro atoms. The molecule has 0 aliphatic carbocycles. The summed E-state index contributed by atoms with van der Waals surface area (Å²) in [6.07, 6.45) is 3.60. The van der Waals surface area contributed by atoms with E-state index in [-0.39, 0.29) is 11.2 Å². The Morgan fingerprint density at radius 1 is 1.18 bits per heavy atom. The third-order valence-electron chi connectivity index (χ3n) is 4.73. The fraction of sp³-hybridized carbons (Fsp3) is 0.647. The fourth-order valence-corrected chi connectivity index (χ4v) is 4.37. The third kappa shape index (κ3) is 4.54. The molecule has 124 valence electrons. The molecule has 0 amide bonds. The summed E-state index contributed by atoms with van der Waals surface area (Å²) in [4.78, 5) is 2.31. The van der Waals surface area contributed by atoms with Crippen LogP contribution in [0.5, 0.6) is 0 Å². The smallest absolute Gasteiger partial charge is 0.211 e. The molecule has 4 nitrogen and oxygen atoms in total. The molecule has 1 aliphatic rings. The van der Waals surface area contributed by atoms with Gasteiger partial charge in [-0.25, -0.2) is 13.1 Å². The third-order valence-corrected chi connectivity index (χ3v) is 6.14. The predicted molar refractivity (Wildman–Crippen MR) is 91.5 cm³/mol. The second kappa shape index (κ2) is 7.57. The Bertz CT molecular complexity index is 549. The van der Waals surface area contributed by atoms with E-state index in [1.807, 2.05) is 25.1 Å².